The predicted octanol–water partition coefficient (Wildman–Crippen LogP) is 3.86. The fourth-order valence-electron chi connectivity index (χ4n) is 2.45. The lowest BCUT2D eigenvalue weighted by molar-refractivity contribution is -0.113. The second kappa shape index (κ2) is 8.49. The highest BCUT2D eigenvalue weighted by Crippen LogP contribution is 2.18. The number of imidazole rings is 1. The molecule has 1 heterocycles. The normalized spacial score (nSPS) is 10.5. The average Bonchev–Trinajstić information content (AvgIpc) is 3.08. The molecule has 0 aliphatic rings. The zero-order chi connectivity index (χ0) is 18.4. The summed E-state index contributed by atoms with van der Waals surface area (Å²) in [6.45, 7) is 2.24. The zero-order valence-electron chi connectivity index (χ0n) is 14.4. The van der Waals surface area contributed by atoms with E-state index in [1.807, 2.05) is 29.0 Å². The van der Waals surface area contributed by atoms with Crippen LogP contribution >= 0.6 is 11.8 Å². The highest BCUT2D eigenvalue weighted by Gasteiger charge is 2.09. The van der Waals surface area contributed by atoms with Crippen molar-refractivity contribution in [3.8, 4) is 0 Å². The van der Waals surface area contributed by atoms with Crippen LogP contribution in [0.1, 0.15) is 22.8 Å². The molecule has 0 fully saturated rings. The summed E-state index contributed by atoms with van der Waals surface area (Å²) in [5, 5.41) is 3.63. The second-order valence-electron chi connectivity index (χ2n) is 5.79. The monoisotopic (exact) mass is 365 g/mol. The Hall–Kier alpha value is -2.86. The van der Waals surface area contributed by atoms with Crippen molar-refractivity contribution < 1.29 is 9.59 Å². The van der Waals surface area contributed by atoms with Crippen LogP contribution < -0.4 is 5.32 Å². The zero-order valence-corrected chi connectivity index (χ0v) is 15.2. The Morgan fingerprint density at radius 1 is 1.08 bits per heavy atom. The largest absolute Gasteiger partial charge is 0.325 e. The molecule has 1 aromatic heterocycles. The van der Waals surface area contributed by atoms with Crippen molar-refractivity contribution in [2.75, 3.05) is 11.1 Å². The Kier molecular flexibility index (Phi) is 5.86. The van der Waals surface area contributed by atoms with Gasteiger partial charge in [-0.15, -0.1) is 0 Å². The number of hydrogen-bond donors (Lipinski definition) is 1. The number of hydrogen-bond acceptors (Lipinski definition) is 4. The number of ketones is 1. The number of aromatic nitrogens is 2. The first-order valence-electron chi connectivity index (χ1n) is 8.20. The Balaban J connectivity index is 1.55. The van der Waals surface area contributed by atoms with E-state index in [1.54, 1.807) is 30.5 Å². The van der Waals surface area contributed by atoms with Crippen LogP contribution in [-0.2, 0) is 11.3 Å². The highest BCUT2D eigenvalue weighted by molar-refractivity contribution is 7.99. The van der Waals surface area contributed by atoms with E-state index >= 15 is 0 Å². The molecule has 0 atom stereocenters. The van der Waals surface area contributed by atoms with Crippen molar-refractivity contribution >= 4 is 29.1 Å². The molecule has 0 unspecified atom stereocenters. The molecule has 3 aromatic rings. The molecule has 132 valence electrons. The molecule has 0 bridgehead atoms. The fourth-order valence-corrected chi connectivity index (χ4v) is 3.21. The van der Waals surface area contributed by atoms with E-state index in [0.717, 1.165) is 11.7 Å². The van der Waals surface area contributed by atoms with E-state index in [1.165, 1.54) is 24.2 Å². The number of benzene rings is 2. The standard InChI is InChI=1S/C20H19N3O2S/c1-15(24)17-7-9-18(10-8-17)22-19(25)14-26-20-21-11-12-23(20)13-16-5-3-2-4-6-16/h2-12H,13-14H2,1H3,(H,22,25). The number of carbonyl (C=O) groups is 2. The molecule has 5 nitrogen and oxygen atoms in total. The maximum atomic E-state index is 12.2. The van der Waals surface area contributed by atoms with Crippen LogP contribution in [0, 0.1) is 0 Å². The first kappa shape index (κ1) is 17.9. The van der Waals surface area contributed by atoms with E-state index in [9.17, 15) is 9.59 Å². The highest BCUT2D eigenvalue weighted by atomic mass is 32.2. The lowest BCUT2D eigenvalue weighted by atomic mass is 10.1. The van der Waals surface area contributed by atoms with Gasteiger partial charge in [0.05, 0.1) is 5.75 Å². The summed E-state index contributed by atoms with van der Waals surface area (Å²) in [5.41, 5.74) is 2.48. The van der Waals surface area contributed by atoms with E-state index in [2.05, 4.69) is 22.4 Å². The van der Waals surface area contributed by atoms with Crippen molar-refractivity contribution in [2.45, 2.75) is 18.6 Å². The van der Waals surface area contributed by atoms with Gasteiger partial charge in [-0.2, -0.15) is 0 Å². The maximum absolute atomic E-state index is 12.2. The smallest absolute Gasteiger partial charge is 0.234 e. The molecule has 2 aromatic carbocycles. The Bertz CT molecular complexity index is 889. The molecular weight excluding hydrogens is 346 g/mol. The summed E-state index contributed by atoms with van der Waals surface area (Å²) in [4.78, 5) is 27.8. The van der Waals surface area contributed by atoms with Crippen molar-refractivity contribution in [1.29, 1.82) is 0 Å². The summed E-state index contributed by atoms with van der Waals surface area (Å²) >= 11 is 1.39. The van der Waals surface area contributed by atoms with Gasteiger partial charge in [0.15, 0.2) is 10.9 Å². The van der Waals surface area contributed by atoms with Crippen LogP contribution in [0.15, 0.2) is 72.1 Å². The molecular formula is C20H19N3O2S. The number of nitrogens with zero attached hydrogens (tertiary/aromatic N) is 2. The number of Topliss-reactive ketones (excluding diaryl/α,β-unsaturated/α-hetero) is 1. The van der Waals surface area contributed by atoms with Gasteiger partial charge < -0.3 is 9.88 Å². The van der Waals surface area contributed by atoms with E-state index in [4.69, 9.17) is 0 Å². The maximum Gasteiger partial charge on any atom is 0.234 e. The van der Waals surface area contributed by atoms with Crippen LogP contribution in [0.25, 0.3) is 0 Å². The lowest BCUT2D eigenvalue weighted by Gasteiger charge is -2.08. The lowest BCUT2D eigenvalue weighted by Crippen LogP contribution is -2.14. The van der Waals surface area contributed by atoms with Crippen molar-refractivity contribution in [2.24, 2.45) is 0 Å². The fraction of sp³-hybridized carbons (Fsp3) is 0.150. The number of anilines is 1. The van der Waals surface area contributed by atoms with Gasteiger partial charge in [0, 0.05) is 30.2 Å². The number of nitrogens with one attached hydrogen (secondary N) is 1. The van der Waals surface area contributed by atoms with Crippen LogP contribution in [0.4, 0.5) is 5.69 Å². The van der Waals surface area contributed by atoms with E-state index in [0.29, 0.717) is 11.3 Å². The minimum absolute atomic E-state index is 0.00341. The third-order valence-corrected chi connectivity index (χ3v) is 4.79. The van der Waals surface area contributed by atoms with Crippen molar-refractivity contribution in [1.82, 2.24) is 9.55 Å². The van der Waals surface area contributed by atoms with Gasteiger partial charge in [-0.25, -0.2) is 4.98 Å². The predicted molar refractivity (Wildman–Crippen MR) is 104 cm³/mol. The van der Waals surface area contributed by atoms with Crippen LogP contribution in [0.5, 0.6) is 0 Å². The van der Waals surface area contributed by atoms with Gasteiger partial charge >= 0.3 is 0 Å². The minimum Gasteiger partial charge on any atom is -0.325 e. The minimum atomic E-state index is -0.111. The molecule has 0 saturated carbocycles. The van der Waals surface area contributed by atoms with Gasteiger partial charge in [0.1, 0.15) is 0 Å². The molecule has 0 aliphatic heterocycles. The summed E-state index contributed by atoms with van der Waals surface area (Å²) in [7, 11) is 0. The number of amides is 1. The van der Waals surface area contributed by atoms with Crippen molar-refractivity contribution in [3.63, 3.8) is 0 Å². The van der Waals surface area contributed by atoms with Crippen molar-refractivity contribution in [3.05, 3.63) is 78.1 Å². The number of thioether (sulfide) groups is 1. The molecule has 26 heavy (non-hydrogen) atoms. The molecule has 0 aliphatic carbocycles. The third kappa shape index (κ3) is 4.83. The van der Waals surface area contributed by atoms with Gasteiger partial charge in [-0.05, 0) is 36.8 Å². The molecule has 1 amide bonds. The van der Waals surface area contributed by atoms with Crippen LogP contribution in [-0.4, -0.2) is 27.0 Å². The third-order valence-electron chi connectivity index (χ3n) is 3.78. The molecule has 1 N–H and O–H groups in total. The van der Waals surface area contributed by atoms with E-state index in [-0.39, 0.29) is 17.4 Å². The second-order valence-corrected chi connectivity index (χ2v) is 6.74. The first-order valence-corrected chi connectivity index (χ1v) is 9.19. The molecule has 6 heteroatoms. The molecule has 0 radical (unpaired) electrons. The van der Waals surface area contributed by atoms with Gasteiger partial charge in [0.2, 0.25) is 5.91 Å². The van der Waals surface area contributed by atoms with Gasteiger partial charge in [-0.3, -0.25) is 9.59 Å². The average molecular weight is 365 g/mol. The molecule has 0 saturated heterocycles. The van der Waals surface area contributed by atoms with E-state index < -0.39 is 0 Å². The Labute approximate surface area is 156 Å². The SMILES string of the molecule is CC(=O)c1ccc(NC(=O)CSc2nccn2Cc2ccccc2)cc1. The first-order chi connectivity index (χ1) is 12.6. The summed E-state index contributed by atoms with van der Waals surface area (Å²) in [6, 6.07) is 17.0. The van der Waals surface area contributed by atoms with Crippen LogP contribution in [0.2, 0.25) is 0 Å². The number of rotatable bonds is 7. The number of carbonyl (C=O) groups excluding carboxylic acids is 2. The van der Waals surface area contributed by atoms with Gasteiger partial charge in [0.25, 0.3) is 0 Å². The topological polar surface area (TPSA) is 64.0 Å². The summed E-state index contributed by atoms with van der Waals surface area (Å²) < 4.78 is 2.02. The Morgan fingerprint density at radius 2 is 1.81 bits per heavy atom. The quantitative estimate of drug-likeness (QED) is 0.510. The Morgan fingerprint density at radius 3 is 2.50 bits per heavy atom. The van der Waals surface area contributed by atoms with Crippen LogP contribution in [0.3, 0.4) is 0 Å². The summed E-state index contributed by atoms with van der Waals surface area (Å²) in [6.07, 6.45) is 3.65. The summed E-state index contributed by atoms with van der Waals surface area (Å²) in [5.74, 6) is 0.156. The van der Waals surface area contributed by atoms with Gasteiger partial charge in [-0.1, -0.05) is 42.1 Å². The molecule has 3 rings (SSSR count). The molecule has 0 spiro atoms.